The molecule has 0 aromatic heterocycles. The fourth-order valence-electron chi connectivity index (χ4n) is 16.0. The van der Waals surface area contributed by atoms with Crippen LogP contribution in [0.15, 0.2) is 0 Å². The van der Waals surface area contributed by atoms with E-state index in [9.17, 15) is 157 Å². The van der Waals surface area contributed by atoms with Gasteiger partial charge in [-0.1, -0.05) is 27.7 Å². The van der Waals surface area contributed by atoms with Crippen molar-refractivity contribution < 1.29 is 157 Å². The van der Waals surface area contributed by atoms with Crippen LogP contribution in [-0.2, 0) is 95.9 Å². The van der Waals surface area contributed by atoms with E-state index < -0.39 is 278 Å². The fourth-order valence-corrected chi connectivity index (χ4v) is 16.0. The molecule has 0 radical (unpaired) electrons. The molecule has 137 heavy (non-hydrogen) atoms. The molecule has 4 unspecified atom stereocenters. The van der Waals surface area contributed by atoms with Crippen molar-refractivity contribution in [1.29, 1.82) is 0 Å². The minimum Gasteiger partial charge on any atom is -0.480 e. The molecule has 52 nitrogen and oxygen atoms in total. The highest BCUT2D eigenvalue weighted by molar-refractivity contribution is 5.91. The maximum atomic E-state index is 14.7. The molecule has 4 atom stereocenters. The molecule has 0 aromatic carbocycles. The van der Waals surface area contributed by atoms with Crippen molar-refractivity contribution in [3.8, 4) is 0 Å². The standard InChI is InChI=1S/C85H144N20O32/c1-61(65(106)41-90-5-13-94(45-73(114)115)21-29-102(53-81(130)131)30-22-95(14-6-90)46-74(116)117)37-69(110)86-57-85(58-87-70(111)38-62(2)66(107)42-91-7-15-96(47-75(118)119)23-31-103(54-82(132)133)32-24-97(16-8-91)48-76(120)121,59-88-71(112)39-63(3)67(108)43-92-9-17-98(49-77(122)123)25-33-104(55-83(134)135)34-26-99(18-10-92)50-78(124)125)60-89-72(113)40-64(4)68(109)44-93-11-19-100(51-79(126)127)27-35-105(56-84(136)137)36-28-101(20-12-93)52-80(128)129/h61-64H,5-60H2,1-4H3,(H,86,110)(H,87,111)(H,88,112)(H,89,113)(H,114,115)(H,116,117)(H,118,119)(H,120,121)(H,122,123)(H,124,125)(H,126,127)(H,128,129)(H,130,131)(H,132,133)(H,134,135)(H,136,137). The Morgan fingerprint density at radius 2 is 0.263 bits per heavy atom. The van der Waals surface area contributed by atoms with Crippen LogP contribution in [0.1, 0.15) is 53.4 Å². The summed E-state index contributed by atoms with van der Waals surface area (Å²) in [5.41, 5.74) is -1.79. The second kappa shape index (κ2) is 63.2. The van der Waals surface area contributed by atoms with Gasteiger partial charge in [-0.3, -0.25) is 174 Å². The Morgan fingerprint density at radius 1 is 0.175 bits per heavy atom. The van der Waals surface area contributed by atoms with Gasteiger partial charge in [-0.25, -0.2) is 0 Å². The van der Waals surface area contributed by atoms with E-state index in [1.165, 1.54) is 27.7 Å². The van der Waals surface area contributed by atoms with Crippen LogP contribution in [0.3, 0.4) is 0 Å². The molecule has 0 bridgehead atoms. The van der Waals surface area contributed by atoms with Gasteiger partial charge >= 0.3 is 71.6 Å². The number of carbonyl (C=O) groups is 20. The highest BCUT2D eigenvalue weighted by atomic mass is 16.4. The van der Waals surface area contributed by atoms with Gasteiger partial charge in [0, 0.05) is 290 Å². The number of hydrogen-bond acceptors (Lipinski definition) is 36. The average Bonchev–Trinajstić information content (AvgIpc) is 0.843. The quantitative estimate of drug-likeness (QED) is 0.0269. The van der Waals surface area contributed by atoms with Crippen LogP contribution in [0.4, 0.5) is 0 Å². The molecule has 4 saturated heterocycles. The predicted molar refractivity (Wildman–Crippen MR) is 484 cm³/mol. The first kappa shape index (κ1) is 119. The molecule has 4 heterocycles. The normalized spacial score (nSPS) is 19.7. The summed E-state index contributed by atoms with van der Waals surface area (Å²) in [5.74, 6) is -24.0. The van der Waals surface area contributed by atoms with Gasteiger partial charge in [0.2, 0.25) is 23.6 Å². The molecule has 0 saturated carbocycles. The van der Waals surface area contributed by atoms with Crippen LogP contribution in [-0.4, -0.2) is 598 Å². The number of nitrogens with zero attached hydrogens (tertiary/aromatic N) is 16. The Morgan fingerprint density at radius 3 is 0.350 bits per heavy atom. The first-order valence-electron chi connectivity index (χ1n) is 45.9. The summed E-state index contributed by atoms with van der Waals surface area (Å²) in [6.07, 6.45) is -2.19. The number of carboxylic acid groups (broad SMARTS) is 12. The van der Waals surface area contributed by atoms with E-state index in [2.05, 4.69) is 21.3 Å². The molecule has 776 valence electrons. The van der Waals surface area contributed by atoms with Crippen LogP contribution in [0.5, 0.6) is 0 Å². The molecule has 52 heteroatoms. The minimum atomic E-state index is -1.79. The molecule has 4 amide bonds. The lowest BCUT2D eigenvalue weighted by Gasteiger charge is -2.35. The van der Waals surface area contributed by atoms with Gasteiger partial charge in [-0.05, 0) is 0 Å². The maximum Gasteiger partial charge on any atom is 0.317 e. The molecule has 0 spiro atoms. The van der Waals surface area contributed by atoms with Crippen LogP contribution < -0.4 is 21.3 Å². The number of nitrogens with one attached hydrogen (secondary N) is 4. The van der Waals surface area contributed by atoms with Gasteiger partial charge < -0.3 is 82.5 Å². The van der Waals surface area contributed by atoms with Crippen LogP contribution in [0, 0.1) is 29.1 Å². The van der Waals surface area contributed by atoms with Gasteiger partial charge in [0.05, 0.1) is 105 Å². The number of ketones is 4. The van der Waals surface area contributed by atoms with Crippen LogP contribution in [0.25, 0.3) is 0 Å². The zero-order chi connectivity index (χ0) is 102. The van der Waals surface area contributed by atoms with E-state index in [0.717, 1.165) is 0 Å². The summed E-state index contributed by atoms with van der Waals surface area (Å²) in [4.78, 5) is 286. The number of amides is 4. The zero-order valence-corrected chi connectivity index (χ0v) is 79.1. The number of hydrogen-bond donors (Lipinski definition) is 16. The van der Waals surface area contributed by atoms with Gasteiger partial charge in [-0.15, -0.1) is 0 Å². The molecule has 16 N–H and O–H groups in total. The summed E-state index contributed by atoms with van der Waals surface area (Å²) in [5, 5.41) is 129. The molecule has 4 rings (SSSR count). The third-order valence-electron chi connectivity index (χ3n) is 24.4. The summed E-state index contributed by atoms with van der Waals surface area (Å²) in [7, 11) is 0. The number of aliphatic carboxylic acids is 12. The number of rotatable bonds is 52. The highest BCUT2D eigenvalue weighted by Gasteiger charge is 2.37. The number of Topliss-reactive ketones (excluding diaryl/α,β-unsaturated/α-hetero) is 4. The third-order valence-corrected chi connectivity index (χ3v) is 24.4. The van der Waals surface area contributed by atoms with E-state index in [1.54, 1.807) is 78.4 Å². The summed E-state index contributed by atoms with van der Waals surface area (Å²) >= 11 is 0. The highest BCUT2D eigenvalue weighted by Crippen LogP contribution is 2.20. The Hall–Kier alpha value is -10.4. The van der Waals surface area contributed by atoms with E-state index >= 15 is 0 Å². The predicted octanol–water partition coefficient (Wildman–Crippen LogP) is -9.28. The lowest BCUT2D eigenvalue weighted by atomic mass is 9.86. The van der Waals surface area contributed by atoms with Crippen LogP contribution >= 0.6 is 0 Å². The zero-order valence-electron chi connectivity index (χ0n) is 79.1. The largest absolute Gasteiger partial charge is 0.480 e. The van der Waals surface area contributed by atoms with Crippen molar-refractivity contribution in [2.75, 3.05) is 340 Å². The van der Waals surface area contributed by atoms with Crippen molar-refractivity contribution in [2.24, 2.45) is 29.1 Å². The van der Waals surface area contributed by atoms with Gasteiger partial charge in [0.25, 0.3) is 0 Å². The number of carbonyl (C=O) groups excluding carboxylic acids is 8. The van der Waals surface area contributed by atoms with E-state index in [0.29, 0.717) is 0 Å². The lowest BCUT2D eigenvalue weighted by Crippen LogP contribution is -2.57. The Labute approximate surface area is 794 Å². The first-order chi connectivity index (χ1) is 64.6. The van der Waals surface area contributed by atoms with Gasteiger partial charge in [0.1, 0.15) is 23.1 Å². The monoisotopic (exact) mass is 1960 g/mol. The van der Waals surface area contributed by atoms with Gasteiger partial charge in [-0.2, -0.15) is 0 Å². The Bertz CT molecular complexity index is 3390. The topological polar surface area (TPSA) is 684 Å². The Balaban J connectivity index is 1.82. The lowest BCUT2D eigenvalue weighted by molar-refractivity contribution is -0.140. The molecule has 4 fully saturated rings. The van der Waals surface area contributed by atoms with E-state index in [4.69, 9.17) is 0 Å². The van der Waals surface area contributed by atoms with Crippen molar-refractivity contribution in [2.45, 2.75) is 53.4 Å². The van der Waals surface area contributed by atoms with Gasteiger partial charge in [0.15, 0.2) is 0 Å². The maximum absolute atomic E-state index is 14.7. The van der Waals surface area contributed by atoms with E-state index in [-0.39, 0.29) is 236 Å². The number of carboxylic acids is 12. The summed E-state index contributed by atoms with van der Waals surface area (Å²) < 4.78 is 0. The fraction of sp³-hybridized carbons (Fsp3) is 0.765. The van der Waals surface area contributed by atoms with Crippen molar-refractivity contribution >= 4 is 118 Å². The van der Waals surface area contributed by atoms with Crippen molar-refractivity contribution in [3.05, 3.63) is 0 Å². The summed E-state index contributed by atoms with van der Waals surface area (Å²) in [6, 6.07) is 0. The molecular weight excluding hydrogens is 1810 g/mol. The van der Waals surface area contributed by atoms with Crippen molar-refractivity contribution in [3.63, 3.8) is 0 Å². The first-order valence-corrected chi connectivity index (χ1v) is 45.9. The molecule has 0 aliphatic carbocycles. The average molecular weight is 1960 g/mol. The molecule has 0 aromatic rings. The Kier molecular flexibility index (Phi) is 54.8. The molecular formula is C85H144N20O32. The third kappa shape index (κ3) is 53.3. The second-order valence-corrected chi connectivity index (χ2v) is 36.0. The van der Waals surface area contributed by atoms with E-state index in [1.807, 2.05) is 0 Å². The van der Waals surface area contributed by atoms with Crippen molar-refractivity contribution in [1.82, 2.24) is 99.7 Å². The second-order valence-electron chi connectivity index (χ2n) is 36.0. The smallest absolute Gasteiger partial charge is 0.317 e. The molecule has 4 aliphatic rings. The SMILES string of the molecule is CC(CC(=O)NCC(CNC(=O)CC(C)C(=O)CN1CCN(CC(=O)O)CCN(CC(=O)O)CCN(CC(=O)O)CC1)(CNC(=O)CC(C)C(=O)CN1CCN(CC(=O)O)CCN(CC(=O)O)CCN(CC(=O)O)CC1)CNC(=O)CC(C)C(=O)CN1CCN(CC(=O)O)CCN(CC(=O)O)CCN(CC(=O)O)CC1)C(=O)CN1CCN(CC(=O)O)CCN(CC(=O)O)CCN(CC(=O)O)CC1. The summed E-state index contributed by atoms with van der Waals surface area (Å²) in [6.45, 7) is -1.32. The molecule has 4 aliphatic heterocycles. The minimum absolute atomic E-state index is 0.0427. The van der Waals surface area contributed by atoms with Crippen LogP contribution in [0.2, 0.25) is 0 Å².